The van der Waals surface area contributed by atoms with Gasteiger partial charge in [-0.25, -0.2) is 4.39 Å². The molecule has 2 fully saturated rings. The average Bonchev–Trinajstić information content (AvgIpc) is 2.90. The van der Waals surface area contributed by atoms with Gasteiger partial charge in [0, 0.05) is 18.6 Å². The molecule has 2 aliphatic rings. The number of nitrogens with one attached hydrogen (secondary N) is 1. The van der Waals surface area contributed by atoms with Gasteiger partial charge >= 0.3 is 0 Å². The molecule has 0 aromatic carbocycles. The van der Waals surface area contributed by atoms with Gasteiger partial charge in [-0.1, -0.05) is 0 Å². The zero-order chi connectivity index (χ0) is 10.9. The summed E-state index contributed by atoms with van der Waals surface area (Å²) in [5.41, 5.74) is -1.04. The van der Waals surface area contributed by atoms with Gasteiger partial charge in [0.15, 0.2) is 0 Å². The Morgan fingerprint density at radius 1 is 1.13 bits per heavy atom. The topological polar surface area (TPSA) is 15.3 Å². The summed E-state index contributed by atoms with van der Waals surface area (Å²) in [6, 6.07) is 1.50. The highest BCUT2D eigenvalue weighted by Gasteiger charge is 2.28. The minimum absolute atomic E-state index is 0.586. The van der Waals surface area contributed by atoms with E-state index in [2.05, 4.69) is 10.2 Å². The van der Waals surface area contributed by atoms with Gasteiger partial charge in [0.1, 0.15) is 5.67 Å². The van der Waals surface area contributed by atoms with E-state index in [0.717, 1.165) is 19.1 Å². The Labute approximate surface area is 92.2 Å². The summed E-state index contributed by atoms with van der Waals surface area (Å²) in [6.07, 6.45) is 5.09. The fourth-order valence-electron chi connectivity index (χ4n) is 2.37. The quantitative estimate of drug-likeness (QED) is 0.769. The minimum Gasteiger partial charge on any atom is -0.311 e. The predicted molar refractivity (Wildman–Crippen MR) is 60.8 cm³/mol. The SMILES string of the molecule is CC(C)(F)CN1CCC(NC2CC2)CC1. The van der Waals surface area contributed by atoms with Crippen molar-refractivity contribution in [2.24, 2.45) is 0 Å². The number of likely N-dealkylation sites (tertiary alicyclic amines) is 1. The van der Waals surface area contributed by atoms with Crippen LogP contribution < -0.4 is 5.32 Å². The van der Waals surface area contributed by atoms with Crippen LogP contribution in [0.25, 0.3) is 0 Å². The molecular weight excluding hydrogens is 191 g/mol. The lowest BCUT2D eigenvalue weighted by Gasteiger charge is -2.34. The maximum absolute atomic E-state index is 13.4. The molecule has 15 heavy (non-hydrogen) atoms. The van der Waals surface area contributed by atoms with E-state index < -0.39 is 5.67 Å². The van der Waals surface area contributed by atoms with Crippen molar-refractivity contribution in [3.63, 3.8) is 0 Å². The van der Waals surface area contributed by atoms with E-state index in [9.17, 15) is 4.39 Å². The number of halogens is 1. The van der Waals surface area contributed by atoms with Gasteiger partial charge in [-0.15, -0.1) is 0 Å². The summed E-state index contributed by atoms with van der Waals surface area (Å²) in [5, 5.41) is 3.66. The second kappa shape index (κ2) is 4.38. The number of piperidine rings is 1. The molecule has 2 rings (SSSR count). The van der Waals surface area contributed by atoms with E-state index in [1.807, 2.05) is 0 Å². The van der Waals surface area contributed by atoms with E-state index in [-0.39, 0.29) is 0 Å². The standard InChI is InChI=1S/C12H23FN2/c1-12(2,13)9-15-7-5-11(6-8-15)14-10-3-4-10/h10-11,14H,3-9H2,1-2H3. The van der Waals surface area contributed by atoms with Crippen molar-refractivity contribution < 1.29 is 4.39 Å². The molecule has 3 heteroatoms. The summed E-state index contributed by atoms with van der Waals surface area (Å²) < 4.78 is 13.4. The van der Waals surface area contributed by atoms with Crippen LogP contribution in [0.5, 0.6) is 0 Å². The smallest absolute Gasteiger partial charge is 0.118 e. The van der Waals surface area contributed by atoms with Gasteiger partial charge in [0.2, 0.25) is 0 Å². The maximum Gasteiger partial charge on any atom is 0.118 e. The third-order valence-electron chi connectivity index (χ3n) is 3.24. The number of rotatable bonds is 4. The number of hydrogen-bond donors (Lipinski definition) is 1. The second-order valence-corrected chi connectivity index (χ2v) is 5.71. The van der Waals surface area contributed by atoms with Crippen LogP contribution in [0.3, 0.4) is 0 Å². The second-order valence-electron chi connectivity index (χ2n) is 5.71. The van der Waals surface area contributed by atoms with Crippen molar-refractivity contribution in [3.8, 4) is 0 Å². The molecule has 0 atom stereocenters. The molecule has 1 saturated heterocycles. The van der Waals surface area contributed by atoms with E-state index >= 15 is 0 Å². The van der Waals surface area contributed by atoms with Crippen LogP contribution in [-0.2, 0) is 0 Å². The number of nitrogens with zero attached hydrogens (tertiary/aromatic N) is 1. The van der Waals surface area contributed by atoms with Crippen molar-refractivity contribution in [1.82, 2.24) is 10.2 Å². The van der Waals surface area contributed by atoms with Crippen molar-refractivity contribution in [2.45, 2.75) is 57.3 Å². The van der Waals surface area contributed by atoms with Crippen molar-refractivity contribution in [2.75, 3.05) is 19.6 Å². The summed E-state index contributed by atoms with van der Waals surface area (Å²) in [5.74, 6) is 0. The van der Waals surface area contributed by atoms with Gasteiger partial charge in [0.25, 0.3) is 0 Å². The summed E-state index contributed by atoms with van der Waals surface area (Å²) >= 11 is 0. The normalized spacial score (nSPS) is 25.8. The highest BCUT2D eigenvalue weighted by Crippen LogP contribution is 2.23. The molecule has 1 saturated carbocycles. The highest BCUT2D eigenvalue weighted by molar-refractivity contribution is 4.88. The fourth-order valence-corrected chi connectivity index (χ4v) is 2.37. The maximum atomic E-state index is 13.4. The highest BCUT2D eigenvalue weighted by atomic mass is 19.1. The molecule has 0 unspecified atom stereocenters. The first-order valence-electron chi connectivity index (χ1n) is 6.20. The molecule has 1 aliphatic heterocycles. The molecule has 0 aromatic heterocycles. The van der Waals surface area contributed by atoms with E-state index in [1.165, 1.54) is 25.7 Å². The first kappa shape index (κ1) is 11.3. The van der Waals surface area contributed by atoms with Crippen LogP contribution in [0, 0.1) is 0 Å². The van der Waals surface area contributed by atoms with Gasteiger partial charge in [0.05, 0.1) is 0 Å². The largest absolute Gasteiger partial charge is 0.311 e. The predicted octanol–water partition coefficient (Wildman–Crippen LogP) is 1.95. The molecule has 1 aliphatic carbocycles. The Bertz CT molecular complexity index is 200. The zero-order valence-corrected chi connectivity index (χ0v) is 9.93. The van der Waals surface area contributed by atoms with Gasteiger partial charge in [-0.05, 0) is 52.6 Å². The Morgan fingerprint density at radius 3 is 2.13 bits per heavy atom. The third-order valence-corrected chi connectivity index (χ3v) is 3.24. The van der Waals surface area contributed by atoms with E-state index in [0.29, 0.717) is 12.6 Å². The van der Waals surface area contributed by atoms with Crippen LogP contribution in [0.1, 0.15) is 39.5 Å². The monoisotopic (exact) mass is 214 g/mol. The first-order chi connectivity index (χ1) is 7.03. The Hall–Kier alpha value is -0.150. The minimum atomic E-state index is -1.04. The van der Waals surface area contributed by atoms with Crippen LogP contribution in [0.4, 0.5) is 4.39 Å². The fraction of sp³-hybridized carbons (Fsp3) is 1.00. The zero-order valence-electron chi connectivity index (χ0n) is 9.93. The summed E-state index contributed by atoms with van der Waals surface area (Å²) in [7, 11) is 0. The summed E-state index contributed by atoms with van der Waals surface area (Å²) in [4.78, 5) is 2.26. The van der Waals surface area contributed by atoms with Crippen molar-refractivity contribution in [3.05, 3.63) is 0 Å². The van der Waals surface area contributed by atoms with Crippen molar-refractivity contribution >= 4 is 0 Å². The molecule has 1 N–H and O–H groups in total. The molecule has 2 nitrogen and oxygen atoms in total. The van der Waals surface area contributed by atoms with Crippen LogP contribution in [0.15, 0.2) is 0 Å². The lowest BCUT2D eigenvalue weighted by atomic mass is 10.0. The number of alkyl halides is 1. The Kier molecular flexibility index (Phi) is 3.31. The molecule has 0 spiro atoms. The van der Waals surface area contributed by atoms with E-state index in [1.54, 1.807) is 13.8 Å². The molecular formula is C12H23FN2. The first-order valence-corrected chi connectivity index (χ1v) is 6.20. The Balaban J connectivity index is 1.67. The van der Waals surface area contributed by atoms with Crippen molar-refractivity contribution in [1.29, 1.82) is 0 Å². The molecule has 0 bridgehead atoms. The van der Waals surface area contributed by atoms with Crippen LogP contribution in [0.2, 0.25) is 0 Å². The Morgan fingerprint density at radius 2 is 1.67 bits per heavy atom. The molecule has 0 radical (unpaired) electrons. The third kappa shape index (κ3) is 4.07. The van der Waals surface area contributed by atoms with Crippen LogP contribution in [-0.4, -0.2) is 42.3 Å². The lowest BCUT2D eigenvalue weighted by molar-refractivity contribution is 0.101. The van der Waals surface area contributed by atoms with Crippen LogP contribution >= 0.6 is 0 Å². The van der Waals surface area contributed by atoms with Gasteiger partial charge in [-0.3, -0.25) is 0 Å². The van der Waals surface area contributed by atoms with Gasteiger partial charge < -0.3 is 10.2 Å². The molecule has 88 valence electrons. The molecule has 0 amide bonds. The van der Waals surface area contributed by atoms with E-state index in [4.69, 9.17) is 0 Å². The van der Waals surface area contributed by atoms with Gasteiger partial charge in [-0.2, -0.15) is 0 Å². The average molecular weight is 214 g/mol. The molecule has 1 heterocycles. The molecule has 0 aromatic rings. The number of hydrogen-bond acceptors (Lipinski definition) is 2. The summed E-state index contributed by atoms with van der Waals surface area (Å²) in [6.45, 7) is 6.03. The lowest BCUT2D eigenvalue weighted by Crippen LogP contribution is -2.46.